The summed E-state index contributed by atoms with van der Waals surface area (Å²) in [4.78, 5) is 14.1. The van der Waals surface area contributed by atoms with Crippen LogP contribution in [0.4, 0.5) is 5.69 Å². The Morgan fingerprint density at radius 1 is 0.921 bits per heavy atom. The third-order valence-corrected chi connectivity index (χ3v) is 7.89. The predicted molar refractivity (Wildman–Crippen MR) is 161 cm³/mol. The first-order valence-corrected chi connectivity index (χ1v) is 15.6. The minimum absolute atomic E-state index is 0.223. The van der Waals surface area contributed by atoms with Crippen LogP contribution in [0.25, 0.3) is 0 Å². The second-order valence-corrected chi connectivity index (χ2v) is 11.7. The van der Waals surface area contributed by atoms with Crippen LogP contribution >= 0.6 is 22.9 Å². The van der Waals surface area contributed by atoms with Gasteiger partial charge in [-0.3, -0.25) is 4.79 Å². The molecule has 206 valence electrons. The Morgan fingerprint density at radius 2 is 1.61 bits per heavy atom. The van der Waals surface area contributed by atoms with Gasteiger partial charge in [-0.1, -0.05) is 113 Å². The van der Waals surface area contributed by atoms with E-state index in [1.54, 1.807) is 23.5 Å². The van der Waals surface area contributed by atoms with Gasteiger partial charge in [-0.2, -0.15) is 4.57 Å². The number of nitrogens with zero attached hydrogens (tertiary/aromatic N) is 1. The van der Waals surface area contributed by atoms with Gasteiger partial charge in [0.25, 0.3) is 5.91 Å². The number of aromatic nitrogens is 1. The average molecular weight is 556 g/mol. The summed E-state index contributed by atoms with van der Waals surface area (Å²) in [6, 6.07) is 13.2. The lowest BCUT2D eigenvalue weighted by Gasteiger charge is -2.10. The SMILES string of the molecule is CCCCCCCCCCCCCCOc1ccc(C(=O)Nc2cccc(C[n+]3csc(C)c3)c2)c(Cl)c1. The van der Waals surface area contributed by atoms with Crippen LogP contribution in [0, 0.1) is 6.92 Å². The molecule has 1 N–H and O–H groups in total. The van der Waals surface area contributed by atoms with Gasteiger partial charge in [0.05, 0.1) is 22.1 Å². The van der Waals surface area contributed by atoms with Crippen LogP contribution in [0.1, 0.15) is 105 Å². The Kier molecular flexibility index (Phi) is 13.7. The van der Waals surface area contributed by atoms with E-state index in [0.29, 0.717) is 22.9 Å². The lowest BCUT2D eigenvalue weighted by molar-refractivity contribution is -0.683. The van der Waals surface area contributed by atoms with E-state index in [2.05, 4.69) is 41.5 Å². The third-order valence-electron chi connectivity index (χ3n) is 6.72. The normalized spacial score (nSPS) is 11.0. The van der Waals surface area contributed by atoms with Crippen molar-refractivity contribution in [3.8, 4) is 5.75 Å². The maximum Gasteiger partial charge on any atom is 0.257 e. The molecule has 0 aliphatic heterocycles. The van der Waals surface area contributed by atoms with E-state index in [9.17, 15) is 4.79 Å². The number of anilines is 1. The van der Waals surface area contributed by atoms with Crippen LogP contribution in [0.5, 0.6) is 5.75 Å². The minimum atomic E-state index is -0.223. The van der Waals surface area contributed by atoms with E-state index < -0.39 is 0 Å². The molecule has 2 aromatic carbocycles. The van der Waals surface area contributed by atoms with Crippen molar-refractivity contribution in [2.24, 2.45) is 0 Å². The fourth-order valence-electron chi connectivity index (χ4n) is 4.59. The van der Waals surface area contributed by atoms with Gasteiger partial charge in [0.15, 0.2) is 12.7 Å². The second kappa shape index (κ2) is 17.3. The Hall–Kier alpha value is -2.37. The summed E-state index contributed by atoms with van der Waals surface area (Å²) >= 11 is 8.17. The van der Waals surface area contributed by atoms with Crippen molar-refractivity contribution in [1.82, 2.24) is 0 Å². The molecule has 0 radical (unpaired) electrons. The number of halogens is 1. The van der Waals surface area contributed by atoms with E-state index in [1.807, 2.05) is 24.3 Å². The quantitative estimate of drug-likeness (QED) is 0.125. The number of rotatable bonds is 18. The smallest absolute Gasteiger partial charge is 0.257 e. The highest BCUT2D eigenvalue weighted by Gasteiger charge is 2.13. The summed E-state index contributed by atoms with van der Waals surface area (Å²) in [6.45, 7) is 5.80. The van der Waals surface area contributed by atoms with Crippen LogP contribution in [0.3, 0.4) is 0 Å². The second-order valence-electron chi connectivity index (χ2n) is 10.2. The van der Waals surface area contributed by atoms with Crippen LogP contribution in [-0.4, -0.2) is 12.5 Å². The summed E-state index contributed by atoms with van der Waals surface area (Å²) in [5, 5.41) is 3.37. The molecule has 0 aliphatic carbocycles. The molecule has 0 unspecified atom stereocenters. The van der Waals surface area contributed by atoms with E-state index >= 15 is 0 Å². The monoisotopic (exact) mass is 555 g/mol. The molecule has 0 fully saturated rings. The molecule has 3 rings (SSSR count). The number of ether oxygens (including phenoxy) is 1. The molecule has 0 bridgehead atoms. The summed E-state index contributed by atoms with van der Waals surface area (Å²) in [5.74, 6) is 0.485. The predicted octanol–water partition coefficient (Wildman–Crippen LogP) is 9.38. The van der Waals surface area contributed by atoms with E-state index in [1.165, 1.54) is 75.5 Å². The van der Waals surface area contributed by atoms with Gasteiger partial charge in [0.2, 0.25) is 5.51 Å². The lowest BCUT2D eigenvalue weighted by atomic mass is 10.1. The van der Waals surface area contributed by atoms with Gasteiger partial charge in [-0.15, -0.1) is 0 Å². The molecule has 0 saturated heterocycles. The summed E-state index contributed by atoms with van der Waals surface area (Å²) in [6.07, 6.45) is 18.0. The van der Waals surface area contributed by atoms with Crippen molar-refractivity contribution < 1.29 is 14.1 Å². The maximum absolute atomic E-state index is 12.9. The van der Waals surface area contributed by atoms with Crippen molar-refractivity contribution in [3.05, 3.63) is 75.2 Å². The Balaban J connectivity index is 1.33. The van der Waals surface area contributed by atoms with Gasteiger partial charge >= 0.3 is 0 Å². The summed E-state index contributed by atoms with van der Waals surface area (Å²) < 4.78 is 8.03. The summed E-state index contributed by atoms with van der Waals surface area (Å²) in [7, 11) is 0. The zero-order chi connectivity index (χ0) is 27.0. The number of carbonyl (C=O) groups excluding carboxylic acids is 1. The first kappa shape index (κ1) is 30.2. The molecule has 0 spiro atoms. The number of unbranched alkanes of at least 4 members (excludes halogenated alkanes) is 11. The molecule has 38 heavy (non-hydrogen) atoms. The van der Waals surface area contributed by atoms with E-state index in [4.69, 9.17) is 16.3 Å². The van der Waals surface area contributed by atoms with Gasteiger partial charge in [0.1, 0.15) is 5.75 Å². The van der Waals surface area contributed by atoms with Crippen LogP contribution in [0.15, 0.2) is 54.2 Å². The van der Waals surface area contributed by atoms with Crippen molar-refractivity contribution in [2.75, 3.05) is 11.9 Å². The highest BCUT2D eigenvalue weighted by molar-refractivity contribution is 7.09. The number of benzene rings is 2. The van der Waals surface area contributed by atoms with Crippen molar-refractivity contribution in [3.63, 3.8) is 0 Å². The number of amides is 1. The number of thiazole rings is 1. The minimum Gasteiger partial charge on any atom is -0.494 e. The topological polar surface area (TPSA) is 42.2 Å². The average Bonchev–Trinajstić information content (AvgIpc) is 3.31. The maximum atomic E-state index is 12.9. The van der Waals surface area contributed by atoms with Crippen molar-refractivity contribution in [2.45, 2.75) is 97.4 Å². The Bertz CT molecular complexity index is 1110. The summed E-state index contributed by atoms with van der Waals surface area (Å²) in [5.41, 5.74) is 4.42. The first-order chi connectivity index (χ1) is 18.5. The number of hydrogen-bond donors (Lipinski definition) is 1. The molecule has 6 heteroatoms. The van der Waals surface area contributed by atoms with Crippen LogP contribution in [0.2, 0.25) is 5.02 Å². The zero-order valence-corrected chi connectivity index (χ0v) is 24.7. The molecule has 0 atom stereocenters. The molecule has 1 heterocycles. The lowest BCUT2D eigenvalue weighted by Crippen LogP contribution is -2.30. The zero-order valence-electron chi connectivity index (χ0n) is 23.1. The molecule has 4 nitrogen and oxygen atoms in total. The van der Waals surface area contributed by atoms with Gasteiger partial charge in [-0.25, -0.2) is 0 Å². The number of nitrogens with one attached hydrogen (secondary N) is 1. The standard InChI is InChI=1S/C32H43ClN2O2S/c1-3-4-5-6-7-8-9-10-11-12-13-14-20-37-29-18-19-30(31(33)22-29)32(36)34-28-17-15-16-27(21-28)24-35-23-26(2)38-25-35/h15-19,21-23,25H,3-14,20,24H2,1-2H3/p+1. The fourth-order valence-corrected chi connectivity index (χ4v) is 5.48. The van der Waals surface area contributed by atoms with Gasteiger partial charge in [0, 0.05) is 11.3 Å². The van der Waals surface area contributed by atoms with Crippen LogP contribution in [-0.2, 0) is 6.54 Å². The Morgan fingerprint density at radius 3 is 2.24 bits per heavy atom. The molecule has 0 saturated carbocycles. The van der Waals surface area contributed by atoms with E-state index in [-0.39, 0.29) is 5.91 Å². The Labute approximate surface area is 238 Å². The highest BCUT2D eigenvalue weighted by atomic mass is 35.5. The number of carbonyl (C=O) groups is 1. The van der Waals surface area contributed by atoms with Crippen molar-refractivity contribution in [1.29, 1.82) is 0 Å². The molecule has 1 amide bonds. The first-order valence-electron chi connectivity index (χ1n) is 14.3. The van der Waals surface area contributed by atoms with Gasteiger partial charge in [-0.05, 0) is 43.7 Å². The fraction of sp³-hybridized carbons (Fsp3) is 0.500. The molecule has 1 aromatic heterocycles. The molecular weight excluding hydrogens is 512 g/mol. The molecule has 0 aliphatic rings. The number of hydrogen-bond acceptors (Lipinski definition) is 3. The van der Waals surface area contributed by atoms with Crippen LogP contribution < -0.4 is 14.6 Å². The van der Waals surface area contributed by atoms with Crippen molar-refractivity contribution >= 4 is 34.5 Å². The van der Waals surface area contributed by atoms with Gasteiger partial charge < -0.3 is 10.1 Å². The third kappa shape index (κ3) is 11.2. The number of aryl methyl sites for hydroxylation is 1. The largest absolute Gasteiger partial charge is 0.494 e. The molecule has 3 aromatic rings. The van der Waals surface area contributed by atoms with E-state index in [0.717, 1.165) is 24.2 Å². The highest BCUT2D eigenvalue weighted by Crippen LogP contribution is 2.24. The molecular formula is C32H44ClN2O2S+.